The lowest BCUT2D eigenvalue weighted by Gasteiger charge is -2.71. The molecule has 2 aromatic rings. The van der Waals surface area contributed by atoms with Gasteiger partial charge < -0.3 is 5.32 Å². The molecule has 0 aromatic heterocycles. The van der Waals surface area contributed by atoms with Crippen LogP contribution in [0.3, 0.4) is 0 Å². The van der Waals surface area contributed by atoms with Crippen molar-refractivity contribution in [3.8, 4) is 0 Å². The number of hydrogen-bond acceptors (Lipinski definition) is 3. The van der Waals surface area contributed by atoms with Crippen LogP contribution in [0.25, 0.3) is 0 Å². The van der Waals surface area contributed by atoms with Crippen molar-refractivity contribution in [3.05, 3.63) is 64.1 Å². The topological polar surface area (TPSA) is 63.2 Å². The predicted molar refractivity (Wildman–Crippen MR) is 99.4 cm³/mol. The molecule has 0 spiro atoms. The molecule has 0 atom stereocenters. The molecule has 4 nitrogen and oxygen atoms in total. The van der Waals surface area contributed by atoms with Crippen LogP contribution in [0.2, 0.25) is 0 Å². The van der Waals surface area contributed by atoms with Crippen LogP contribution in [0.15, 0.2) is 57.9 Å². The summed E-state index contributed by atoms with van der Waals surface area (Å²) in [6.07, 6.45) is 3.87. The van der Waals surface area contributed by atoms with Crippen molar-refractivity contribution >= 4 is 31.7 Å². The van der Waals surface area contributed by atoms with Crippen LogP contribution in [-0.2, 0) is 15.3 Å². The van der Waals surface area contributed by atoms with Crippen LogP contribution < -0.4 is 5.32 Å². The zero-order valence-electron chi connectivity index (χ0n) is 13.8. The Labute approximate surface area is 155 Å². The van der Waals surface area contributed by atoms with Gasteiger partial charge in [0.05, 0.1) is 10.5 Å². The summed E-state index contributed by atoms with van der Waals surface area (Å²) in [5, 5.41) is 3.08. The van der Waals surface area contributed by atoms with Crippen molar-refractivity contribution in [2.45, 2.75) is 35.1 Å². The third kappa shape index (κ3) is 2.72. The first-order valence-corrected chi connectivity index (χ1v) is 10.8. The van der Waals surface area contributed by atoms with Crippen molar-refractivity contribution in [1.29, 1.82) is 0 Å². The van der Waals surface area contributed by atoms with E-state index in [4.69, 9.17) is 0 Å². The second-order valence-electron chi connectivity index (χ2n) is 7.32. The summed E-state index contributed by atoms with van der Waals surface area (Å²) in [6.45, 7) is 0. The maximum Gasteiger partial charge on any atom is 0.253 e. The number of hydrogen-bond donors (Lipinski definition) is 1. The predicted octanol–water partition coefficient (Wildman–Crippen LogP) is 3.46. The highest BCUT2D eigenvalue weighted by Crippen LogP contribution is 2.67. The summed E-state index contributed by atoms with van der Waals surface area (Å²) in [7, 11) is -3.48. The molecule has 2 aromatic carbocycles. The molecule has 2 bridgehead atoms. The summed E-state index contributed by atoms with van der Waals surface area (Å²) < 4.78 is 24.6. The molecule has 25 heavy (non-hydrogen) atoms. The lowest BCUT2D eigenvalue weighted by Crippen LogP contribution is -2.76. The summed E-state index contributed by atoms with van der Waals surface area (Å²) in [6, 6.07) is 15.1. The fraction of sp³-hybridized carbons (Fsp3) is 0.316. The first-order chi connectivity index (χ1) is 11.7. The van der Waals surface area contributed by atoms with Gasteiger partial charge in [-0.15, -0.1) is 0 Å². The van der Waals surface area contributed by atoms with E-state index in [1.807, 2.05) is 18.2 Å². The molecule has 1 amide bonds. The third-order valence-corrected chi connectivity index (χ3v) is 7.01. The van der Waals surface area contributed by atoms with Crippen molar-refractivity contribution in [3.63, 3.8) is 0 Å². The van der Waals surface area contributed by atoms with E-state index in [1.165, 1.54) is 11.6 Å². The highest BCUT2D eigenvalue weighted by Gasteiger charge is 2.68. The van der Waals surface area contributed by atoms with Gasteiger partial charge in [0.2, 0.25) is 0 Å². The Morgan fingerprint density at radius 1 is 1.08 bits per heavy atom. The number of carbonyl (C=O) groups is 1. The Morgan fingerprint density at radius 3 is 2.32 bits per heavy atom. The second kappa shape index (κ2) is 5.42. The minimum absolute atomic E-state index is 0.0590. The van der Waals surface area contributed by atoms with Crippen molar-refractivity contribution in [2.75, 3.05) is 6.26 Å². The average Bonchev–Trinajstić information content (AvgIpc) is 2.49. The smallest absolute Gasteiger partial charge is 0.253 e. The van der Waals surface area contributed by atoms with Crippen molar-refractivity contribution in [1.82, 2.24) is 5.32 Å². The van der Waals surface area contributed by atoms with Gasteiger partial charge >= 0.3 is 0 Å². The molecule has 3 aliphatic rings. The fourth-order valence-corrected chi connectivity index (χ4v) is 5.73. The first-order valence-electron chi connectivity index (χ1n) is 8.11. The molecule has 0 saturated heterocycles. The number of amides is 1. The Bertz CT molecular complexity index is 950. The Morgan fingerprint density at radius 2 is 1.72 bits per heavy atom. The van der Waals surface area contributed by atoms with Crippen LogP contribution in [0.1, 0.15) is 35.2 Å². The number of nitrogens with one attached hydrogen (secondary N) is 1. The Balaban J connectivity index is 1.53. The highest BCUT2D eigenvalue weighted by molar-refractivity contribution is 9.10. The number of carbonyl (C=O) groups excluding carboxylic acids is 1. The van der Waals surface area contributed by atoms with Crippen molar-refractivity contribution < 1.29 is 13.2 Å². The maximum absolute atomic E-state index is 12.7. The molecule has 0 radical (unpaired) electrons. The number of benzene rings is 2. The molecule has 0 aliphatic heterocycles. The van der Waals surface area contributed by atoms with E-state index in [1.54, 1.807) is 12.1 Å². The monoisotopic (exact) mass is 419 g/mol. The third-order valence-electron chi connectivity index (χ3n) is 5.38. The standard InChI is InChI=1S/C19H18BrNO3S/c1-25(23,24)16-9-14(20)7-8-15(16)17(22)21-19-10-18(11-19,12-19)13-5-3-2-4-6-13/h2-9H,10-12H2,1H3,(H,21,22). The van der Waals surface area contributed by atoms with E-state index < -0.39 is 9.84 Å². The van der Waals surface area contributed by atoms with Gasteiger partial charge in [-0.3, -0.25) is 4.79 Å². The van der Waals surface area contributed by atoms with Gasteiger partial charge in [-0.25, -0.2) is 8.42 Å². The van der Waals surface area contributed by atoms with E-state index in [-0.39, 0.29) is 27.3 Å². The molecule has 3 fully saturated rings. The fourth-order valence-electron chi connectivity index (χ4n) is 4.32. The summed E-state index contributed by atoms with van der Waals surface area (Å²) >= 11 is 3.27. The number of sulfone groups is 1. The van der Waals surface area contributed by atoms with Crippen LogP contribution in [-0.4, -0.2) is 26.1 Å². The molecule has 130 valence electrons. The van der Waals surface area contributed by atoms with E-state index in [9.17, 15) is 13.2 Å². The molecule has 3 saturated carbocycles. The van der Waals surface area contributed by atoms with Crippen molar-refractivity contribution in [2.24, 2.45) is 0 Å². The van der Waals surface area contributed by atoms with Crippen LogP contribution in [0.4, 0.5) is 0 Å². The normalized spacial score (nSPS) is 27.1. The highest BCUT2D eigenvalue weighted by atomic mass is 79.9. The van der Waals surface area contributed by atoms with Gasteiger partial charge in [0.1, 0.15) is 0 Å². The first kappa shape index (κ1) is 16.8. The second-order valence-corrected chi connectivity index (χ2v) is 10.2. The largest absolute Gasteiger partial charge is 0.346 e. The zero-order valence-corrected chi connectivity index (χ0v) is 16.2. The molecule has 0 unspecified atom stereocenters. The lowest BCUT2D eigenvalue weighted by molar-refractivity contribution is -0.0808. The molecule has 3 aliphatic carbocycles. The van der Waals surface area contributed by atoms with Gasteiger partial charge in [-0.05, 0) is 43.0 Å². The minimum Gasteiger partial charge on any atom is -0.346 e. The Hall–Kier alpha value is -1.66. The van der Waals surface area contributed by atoms with E-state index >= 15 is 0 Å². The van der Waals surface area contributed by atoms with Gasteiger partial charge in [-0.2, -0.15) is 0 Å². The molecule has 1 N–H and O–H groups in total. The maximum atomic E-state index is 12.7. The van der Waals surface area contributed by atoms with Gasteiger partial charge in [0.15, 0.2) is 9.84 Å². The lowest BCUT2D eigenvalue weighted by atomic mass is 9.37. The van der Waals surface area contributed by atoms with Gasteiger partial charge in [-0.1, -0.05) is 46.3 Å². The quantitative estimate of drug-likeness (QED) is 0.824. The van der Waals surface area contributed by atoms with Gasteiger partial charge in [0.25, 0.3) is 5.91 Å². The Kier molecular flexibility index (Phi) is 3.64. The van der Waals surface area contributed by atoms with Crippen LogP contribution in [0, 0.1) is 0 Å². The molecule has 6 heteroatoms. The molecular formula is C19H18BrNO3S. The van der Waals surface area contributed by atoms with E-state index in [2.05, 4.69) is 33.4 Å². The summed E-state index contributed by atoms with van der Waals surface area (Å²) in [5.74, 6) is -0.311. The van der Waals surface area contributed by atoms with Crippen LogP contribution in [0.5, 0.6) is 0 Å². The van der Waals surface area contributed by atoms with E-state index in [0.717, 1.165) is 25.5 Å². The van der Waals surface area contributed by atoms with Gasteiger partial charge in [0, 0.05) is 21.7 Å². The summed E-state index contributed by atoms with van der Waals surface area (Å²) in [4.78, 5) is 12.8. The zero-order chi connectivity index (χ0) is 17.9. The average molecular weight is 420 g/mol. The summed E-state index contributed by atoms with van der Waals surface area (Å²) in [5.41, 5.74) is 1.54. The number of halogens is 1. The van der Waals surface area contributed by atoms with Crippen LogP contribution >= 0.6 is 15.9 Å². The van der Waals surface area contributed by atoms with E-state index in [0.29, 0.717) is 4.47 Å². The minimum atomic E-state index is -3.48. The molecular weight excluding hydrogens is 402 g/mol. The molecule has 5 rings (SSSR count). The SMILES string of the molecule is CS(=O)(=O)c1cc(Br)ccc1C(=O)NC12CC(c3ccccc3)(C1)C2. The number of rotatable bonds is 4. The molecule has 0 heterocycles.